The molecule has 1 aromatic heterocycles. The molecule has 2 aromatic carbocycles. The molecule has 0 fully saturated rings. The van der Waals surface area contributed by atoms with Crippen LogP contribution >= 0.6 is 0 Å². The number of nitrogens with zero attached hydrogens (tertiary/aromatic N) is 1. The number of hydrogen-bond donors (Lipinski definition) is 0. The molecule has 0 aliphatic heterocycles. The van der Waals surface area contributed by atoms with E-state index in [4.69, 9.17) is 0 Å². The SMILES string of the molecule is CC.CC.Cc1cn(-c2ccccc2)c2ccccc12. The number of aromatic nitrogens is 1. The summed E-state index contributed by atoms with van der Waals surface area (Å²) in [6.07, 6.45) is 2.19. The summed E-state index contributed by atoms with van der Waals surface area (Å²) in [7, 11) is 0. The Morgan fingerprint density at radius 2 is 1.25 bits per heavy atom. The molecule has 3 aromatic rings. The maximum absolute atomic E-state index is 2.24. The largest absolute Gasteiger partial charge is 0.316 e. The van der Waals surface area contributed by atoms with Crippen LogP contribution in [0.25, 0.3) is 16.6 Å². The molecule has 0 atom stereocenters. The van der Waals surface area contributed by atoms with Gasteiger partial charge in [-0.05, 0) is 30.7 Å². The van der Waals surface area contributed by atoms with Crippen molar-refractivity contribution in [1.82, 2.24) is 4.57 Å². The van der Waals surface area contributed by atoms with Crippen LogP contribution < -0.4 is 0 Å². The first-order chi connectivity index (χ1) is 9.86. The van der Waals surface area contributed by atoms with E-state index in [1.54, 1.807) is 0 Å². The van der Waals surface area contributed by atoms with Gasteiger partial charge >= 0.3 is 0 Å². The zero-order valence-electron chi connectivity index (χ0n) is 13.2. The Morgan fingerprint density at radius 1 is 0.700 bits per heavy atom. The maximum atomic E-state index is 2.24. The minimum atomic E-state index is 1.21. The van der Waals surface area contributed by atoms with Crippen LogP contribution in [-0.2, 0) is 0 Å². The normalized spacial score (nSPS) is 9.25. The van der Waals surface area contributed by atoms with Crippen molar-refractivity contribution in [3.05, 3.63) is 66.4 Å². The van der Waals surface area contributed by atoms with E-state index >= 15 is 0 Å². The molecule has 0 N–H and O–H groups in total. The number of hydrogen-bond acceptors (Lipinski definition) is 0. The number of para-hydroxylation sites is 2. The predicted octanol–water partition coefficient (Wildman–Crippen LogP) is 5.99. The predicted molar refractivity (Wildman–Crippen MR) is 90.7 cm³/mol. The zero-order chi connectivity index (χ0) is 15.0. The summed E-state index contributed by atoms with van der Waals surface area (Å²) in [6, 6.07) is 18.9. The fraction of sp³-hybridized carbons (Fsp3) is 0.263. The smallest absolute Gasteiger partial charge is 0.0531 e. The topological polar surface area (TPSA) is 4.93 Å². The second-order valence-corrected chi connectivity index (χ2v) is 4.03. The van der Waals surface area contributed by atoms with Gasteiger partial charge in [-0.1, -0.05) is 64.1 Å². The van der Waals surface area contributed by atoms with Crippen LogP contribution in [0.3, 0.4) is 0 Å². The Balaban J connectivity index is 0.000000461. The second kappa shape index (κ2) is 8.21. The lowest BCUT2D eigenvalue weighted by molar-refractivity contribution is 1.12. The molecule has 0 amide bonds. The van der Waals surface area contributed by atoms with Gasteiger partial charge in [-0.2, -0.15) is 0 Å². The van der Waals surface area contributed by atoms with Gasteiger partial charge in [0.15, 0.2) is 0 Å². The fourth-order valence-corrected chi connectivity index (χ4v) is 2.15. The molecule has 3 rings (SSSR count). The van der Waals surface area contributed by atoms with Crippen molar-refractivity contribution in [2.75, 3.05) is 0 Å². The lowest BCUT2D eigenvalue weighted by atomic mass is 10.2. The molecule has 0 bridgehead atoms. The van der Waals surface area contributed by atoms with E-state index in [-0.39, 0.29) is 0 Å². The van der Waals surface area contributed by atoms with Crippen LogP contribution in [-0.4, -0.2) is 4.57 Å². The second-order valence-electron chi connectivity index (χ2n) is 4.03. The number of aryl methyl sites for hydroxylation is 1. The number of rotatable bonds is 1. The molecular formula is C19H25N. The first-order valence-corrected chi connectivity index (χ1v) is 7.48. The third-order valence-corrected chi connectivity index (χ3v) is 2.95. The van der Waals surface area contributed by atoms with Crippen molar-refractivity contribution >= 4 is 10.9 Å². The molecular weight excluding hydrogens is 242 g/mol. The first-order valence-electron chi connectivity index (χ1n) is 7.48. The van der Waals surface area contributed by atoms with Crippen LogP contribution in [0.5, 0.6) is 0 Å². The summed E-state index contributed by atoms with van der Waals surface area (Å²) in [5.74, 6) is 0. The van der Waals surface area contributed by atoms with Crippen molar-refractivity contribution in [1.29, 1.82) is 0 Å². The van der Waals surface area contributed by atoms with Crippen molar-refractivity contribution in [2.24, 2.45) is 0 Å². The van der Waals surface area contributed by atoms with Gasteiger partial charge in [0.25, 0.3) is 0 Å². The molecule has 0 radical (unpaired) electrons. The molecule has 106 valence electrons. The van der Waals surface area contributed by atoms with E-state index in [1.807, 2.05) is 33.8 Å². The standard InChI is InChI=1S/C15H13N.2C2H6/c1-12-11-16(13-7-3-2-4-8-13)15-10-6-5-9-14(12)15;2*1-2/h2-11H,1H3;2*1-2H3. The van der Waals surface area contributed by atoms with E-state index in [9.17, 15) is 0 Å². The van der Waals surface area contributed by atoms with Crippen LogP contribution in [0, 0.1) is 6.92 Å². The summed E-state index contributed by atoms with van der Waals surface area (Å²) in [4.78, 5) is 0. The summed E-state index contributed by atoms with van der Waals surface area (Å²) < 4.78 is 2.24. The molecule has 0 aliphatic carbocycles. The molecule has 1 nitrogen and oxygen atoms in total. The van der Waals surface area contributed by atoms with E-state index in [1.165, 1.54) is 22.2 Å². The van der Waals surface area contributed by atoms with Gasteiger partial charge in [0, 0.05) is 17.3 Å². The van der Waals surface area contributed by atoms with Crippen LogP contribution in [0.2, 0.25) is 0 Å². The molecule has 20 heavy (non-hydrogen) atoms. The monoisotopic (exact) mass is 267 g/mol. The highest BCUT2D eigenvalue weighted by Gasteiger charge is 2.04. The van der Waals surface area contributed by atoms with E-state index in [2.05, 4.69) is 66.2 Å². The maximum Gasteiger partial charge on any atom is 0.0531 e. The van der Waals surface area contributed by atoms with Gasteiger partial charge in [-0.3, -0.25) is 0 Å². The highest BCUT2D eigenvalue weighted by molar-refractivity contribution is 5.85. The van der Waals surface area contributed by atoms with Crippen molar-refractivity contribution < 1.29 is 0 Å². The molecule has 0 unspecified atom stereocenters. The highest BCUT2D eigenvalue weighted by atomic mass is 15.0. The lowest BCUT2D eigenvalue weighted by Crippen LogP contribution is -1.90. The van der Waals surface area contributed by atoms with Gasteiger partial charge in [-0.15, -0.1) is 0 Å². The molecule has 1 heteroatoms. The van der Waals surface area contributed by atoms with Crippen LogP contribution in [0.1, 0.15) is 33.3 Å². The van der Waals surface area contributed by atoms with E-state index in [0.717, 1.165) is 0 Å². The average Bonchev–Trinajstić information content (AvgIpc) is 2.90. The van der Waals surface area contributed by atoms with E-state index < -0.39 is 0 Å². The van der Waals surface area contributed by atoms with Crippen molar-refractivity contribution in [3.63, 3.8) is 0 Å². The first kappa shape index (κ1) is 16.0. The third kappa shape index (κ3) is 3.30. The Labute approximate surface area is 122 Å². The van der Waals surface area contributed by atoms with Gasteiger partial charge in [0.05, 0.1) is 5.52 Å². The van der Waals surface area contributed by atoms with Crippen molar-refractivity contribution in [3.8, 4) is 5.69 Å². The summed E-state index contributed by atoms with van der Waals surface area (Å²) in [6.45, 7) is 10.2. The number of fused-ring (bicyclic) bond motifs is 1. The van der Waals surface area contributed by atoms with E-state index in [0.29, 0.717) is 0 Å². The molecule has 0 aliphatic rings. The average molecular weight is 267 g/mol. The third-order valence-electron chi connectivity index (χ3n) is 2.95. The van der Waals surface area contributed by atoms with Crippen LogP contribution in [0.15, 0.2) is 60.8 Å². The lowest BCUT2D eigenvalue weighted by Gasteiger charge is -2.04. The summed E-state index contributed by atoms with van der Waals surface area (Å²) in [5.41, 5.74) is 3.80. The Hall–Kier alpha value is -2.02. The van der Waals surface area contributed by atoms with Gasteiger partial charge < -0.3 is 4.57 Å². The fourth-order valence-electron chi connectivity index (χ4n) is 2.15. The Morgan fingerprint density at radius 3 is 1.90 bits per heavy atom. The van der Waals surface area contributed by atoms with Gasteiger partial charge in [-0.25, -0.2) is 0 Å². The molecule has 1 heterocycles. The van der Waals surface area contributed by atoms with Gasteiger partial charge in [0.2, 0.25) is 0 Å². The van der Waals surface area contributed by atoms with Crippen molar-refractivity contribution in [2.45, 2.75) is 34.6 Å². The van der Waals surface area contributed by atoms with Gasteiger partial charge in [0.1, 0.15) is 0 Å². The summed E-state index contributed by atoms with van der Waals surface area (Å²) in [5, 5.41) is 1.33. The molecule has 0 saturated carbocycles. The Bertz CT molecular complexity index is 621. The molecule has 0 spiro atoms. The van der Waals surface area contributed by atoms with Crippen LogP contribution in [0.4, 0.5) is 0 Å². The Kier molecular flexibility index (Phi) is 6.58. The number of benzene rings is 2. The highest BCUT2D eigenvalue weighted by Crippen LogP contribution is 2.23. The quantitative estimate of drug-likeness (QED) is 0.510. The zero-order valence-corrected chi connectivity index (χ0v) is 13.2. The minimum absolute atomic E-state index is 1.21. The molecule has 0 saturated heterocycles. The minimum Gasteiger partial charge on any atom is -0.316 e. The summed E-state index contributed by atoms with van der Waals surface area (Å²) >= 11 is 0.